The van der Waals surface area contributed by atoms with Gasteiger partial charge in [-0.05, 0) is 44.1 Å². The molecule has 1 unspecified atom stereocenters. The fourth-order valence-electron chi connectivity index (χ4n) is 4.41. The highest BCUT2D eigenvalue weighted by atomic mass is 16.5. The van der Waals surface area contributed by atoms with Crippen LogP contribution in [0.5, 0.6) is 11.5 Å². The minimum Gasteiger partial charge on any atom is -0.507 e. The van der Waals surface area contributed by atoms with Crippen molar-refractivity contribution in [1.29, 1.82) is 0 Å². The fraction of sp³-hybridized carbons (Fsp3) is 0.448. The molecule has 1 aliphatic heterocycles. The summed E-state index contributed by atoms with van der Waals surface area (Å²) in [6, 6.07) is 13.6. The minimum atomic E-state index is -0.732. The van der Waals surface area contributed by atoms with E-state index in [1.807, 2.05) is 31.2 Å². The molecule has 7 nitrogen and oxygen atoms in total. The number of ether oxygens (including phenoxy) is 2. The van der Waals surface area contributed by atoms with Crippen LogP contribution in [-0.4, -0.2) is 66.0 Å². The van der Waals surface area contributed by atoms with E-state index in [1.54, 1.807) is 29.2 Å². The lowest BCUT2D eigenvalue weighted by molar-refractivity contribution is -0.140. The van der Waals surface area contributed by atoms with E-state index in [0.717, 1.165) is 25.9 Å². The number of likely N-dealkylation sites (N-methyl/N-ethyl adjacent to an activating group) is 1. The normalized spacial score (nSPS) is 17.1. The van der Waals surface area contributed by atoms with Crippen LogP contribution in [0, 0.1) is 0 Å². The van der Waals surface area contributed by atoms with E-state index in [-0.39, 0.29) is 11.3 Å². The third-order valence-corrected chi connectivity index (χ3v) is 6.48. The number of amides is 1. The van der Waals surface area contributed by atoms with Crippen molar-refractivity contribution < 1.29 is 24.2 Å². The molecule has 0 saturated carbocycles. The Hall–Kier alpha value is -3.32. The predicted octanol–water partition coefficient (Wildman–Crippen LogP) is 5.03. The van der Waals surface area contributed by atoms with Gasteiger partial charge in [-0.3, -0.25) is 9.59 Å². The van der Waals surface area contributed by atoms with Gasteiger partial charge in [0.2, 0.25) is 0 Å². The molecule has 2 aromatic rings. The molecule has 0 spiro atoms. The van der Waals surface area contributed by atoms with Gasteiger partial charge < -0.3 is 24.4 Å². The van der Waals surface area contributed by atoms with Gasteiger partial charge in [0.15, 0.2) is 11.5 Å². The molecule has 1 aliphatic rings. The number of likely N-dealkylation sites (tertiary alicyclic amines) is 1. The number of benzene rings is 2. The molecule has 0 aromatic heterocycles. The van der Waals surface area contributed by atoms with Gasteiger partial charge in [-0.25, -0.2) is 0 Å². The van der Waals surface area contributed by atoms with Crippen LogP contribution >= 0.6 is 0 Å². The molecule has 0 bridgehead atoms. The molecule has 1 heterocycles. The highest BCUT2D eigenvalue weighted by molar-refractivity contribution is 6.46. The van der Waals surface area contributed by atoms with Crippen LogP contribution < -0.4 is 9.47 Å². The Kier molecular flexibility index (Phi) is 9.94. The molecule has 1 atom stereocenters. The summed E-state index contributed by atoms with van der Waals surface area (Å²) in [6.45, 7) is 11.8. The maximum atomic E-state index is 13.3. The first-order valence-corrected chi connectivity index (χ1v) is 12.9. The van der Waals surface area contributed by atoms with Crippen LogP contribution in [-0.2, 0) is 9.59 Å². The molecule has 2 aromatic carbocycles. The van der Waals surface area contributed by atoms with Crippen molar-refractivity contribution in [3.8, 4) is 11.5 Å². The largest absolute Gasteiger partial charge is 0.507 e. The summed E-state index contributed by atoms with van der Waals surface area (Å²) in [5.74, 6) is -0.282. The number of Topliss-reactive ketones (excluding diaryl/α,β-unsaturated/α-hetero) is 1. The van der Waals surface area contributed by atoms with Crippen LogP contribution in [0.15, 0.2) is 54.1 Å². The number of carbonyl (C=O) groups is 2. The second-order valence-electron chi connectivity index (χ2n) is 8.73. The van der Waals surface area contributed by atoms with E-state index in [1.165, 1.54) is 0 Å². The van der Waals surface area contributed by atoms with Gasteiger partial charge in [-0.15, -0.1) is 0 Å². The van der Waals surface area contributed by atoms with Crippen molar-refractivity contribution in [3.63, 3.8) is 0 Å². The van der Waals surface area contributed by atoms with Gasteiger partial charge in [-0.1, -0.05) is 63.6 Å². The summed E-state index contributed by atoms with van der Waals surface area (Å²) in [4.78, 5) is 30.3. The van der Waals surface area contributed by atoms with Crippen LogP contribution in [0.2, 0.25) is 0 Å². The fourth-order valence-corrected chi connectivity index (χ4v) is 4.41. The average molecular weight is 495 g/mol. The Bertz CT molecular complexity index is 1060. The Morgan fingerprint density at radius 2 is 1.69 bits per heavy atom. The van der Waals surface area contributed by atoms with Crippen molar-refractivity contribution in [1.82, 2.24) is 9.80 Å². The number of nitrogens with zero attached hydrogens (tertiary/aromatic N) is 2. The van der Waals surface area contributed by atoms with E-state index < -0.39 is 17.7 Å². The molecule has 3 rings (SSSR count). The minimum absolute atomic E-state index is 0.0906. The first kappa shape index (κ1) is 27.3. The molecule has 7 heteroatoms. The lowest BCUT2D eigenvalue weighted by Crippen LogP contribution is -2.38. The first-order valence-electron chi connectivity index (χ1n) is 12.9. The van der Waals surface area contributed by atoms with Crippen molar-refractivity contribution in [2.45, 2.75) is 46.6 Å². The number of aliphatic hydroxyl groups excluding tert-OH is 1. The molecule has 1 N–H and O–H groups in total. The summed E-state index contributed by atoms with van der Waals surface area (Å²) < 4.78 is 11.8. The van der Waals surface area contributed by atoms with Gasteiger partial charge in [0.05, 0.1) is 24.8 Å². The smallest absolute Gasteiger partial charge is 0.295 e. The zero-order valence-electron chi connectivity index (χ0n) is 21.8. The Balaban J connectivity index is 2.09. The SMILES string of the molecule is CCCCOc1ccc(C2C(=C(O)c3ccccc3)C(=O)C(=O)N2CCN(CC)CC)cc1OCC. The maximum absolute atomic E-state index is 13.3. The molecule has 1 amide bonds. The standard InChI is InChI=1S/C29H38N2O5/c1-5-9-19-36-23-16-15-22(20-24(23)35-8-4)26-25(27(32)21-13-11-10-12-14-21)28(33)29(34)31(26)18-17-30(6-2)7-3/h10-16,20,26,32H,5-9,17-19H2,1-4H3. The first-order chi connectivity index (χ1) is 17.5. The number of rotatable bonds is 13. The van der Waals surface area contributed by atoms with E-state index in [2.05, 4.69) is 25.7 Å². The number of ketones is 1. The monoisotopic (exact) mass is 494 g/mol. The van der Waals surface area contributed by atoms with E-state index >= 15 is 0 Å². The van der Waals surface area contributed by atoms with Crippen molar-refractivity contribution in [2.75, 3.05) is 39.4 Å². The number of aliphatic hydroxyl groups is 1. The number of unbranched alkanes of at least 4 members (excludes halogenated alkanes) is 1. The summed E-state index contributed by atoms with van der Waals surface area (Å²) in [6.07, 6.45) is 1.94. The van der Waals surface area contributed by atoms with Crippen LogP contribution in [0.1, 0.15) is 57.7 Å². The number of hydrogen-bond donors (Lipinski definition) is 1. The predicted molar refractivity (Wildman–Crippen MR) is 141 cm³/mol. The topological polar surface area (TPSA) is 79.3 Å². The van der Waals surface area contributed by atoms with Crippen LogP contribution in [0.3, 0.4) is 0 Å². The summed E-state index contributed by atoms with van der Waals surface area (Å²) in [7, 11) is 0. The molecule has 0 radical (unpaired) electrons. The highest BCUT2D eigenvalue weighted by Crippen LogP contribution is 2.42. The maximum Gasteiger partial charge on any atom is 0.295 e. The zero-order chi connectivity index (χ0) is 26.1. The average Bonchev–Trinajstić information content (AvgIpc) is 3.15. The van der Waals surface area contributed by atoms with Crippen molar-refractivity contribution >= 4 is 17.4 Å². The molecule has 0 aliphatic carbocycles. The Labute approximate surface area is 214 Å². The number of hydrogen-bond acceptors (Lipinski definition) is 6. The third kappa shape index (κ3) is 6.08. The lowest BCUT2D eigenvalue weighted by Gasteiger charge is -2.28. The van der Waals surface area contributed by atoms with Gasteiger partial charge in [0.25, 0.3) is 11.7 Å². The number of carbonyl (C=O) groups excluding carboxylic acids is 2. The van der Waals surface area contributed by atoms with Crippen LogP contribution in [0.25, 0.3) is 5.76 Å². The van der Waals surface area contributed by atoms with Crippen LogP contribution in [0.4, 0.5) is 0 Å². The van der Waals surface area contributed by atoms with Gasteiger partial charge in [-0.2, -0.15) is 0 Å². The van der Waals surface area contributed by atoms with Crippen molar-refractivity contribution in [3.05, 3.63) is 65.2 Å². The van der Waals surface area contributed by atoms with Gasteiger partial charge >= 0.3 is 0 Å². The second kappa shape index (κ2) is 13.1. The van der Waals surface area contributed by atoms with E-state index in [0.29, 0.717) is 48.9 Å². The van der Waals surface area contributed by atoms with E-state index in [4.69, 9.17) is 9.47 Å². The second-order valence-corrected chi connectivity index (χ2v) is 8.73. The van der Waals surface area contributed by atoms with Gasteiger partial charge in [0, 0.05) is 18.7 Å². The van der Waals surface area contributed by atoms with Crippen molar-refractivity contribution in [2.24, 2.45) is 0 Å². The summed E-state index contributed by atoms with van der Waals surface area (Å²) >= 11 is 0. The zero-order valence-corrected chi connectivity index (χ0v) is 21.8. The lowest BCUT2D eigenvalue weighted by atomic mass is 9.95. The highest BCUT2D eigenvalue weighted by Gasteiger charge is 2.46. The van der Waals surface area contributed by atoms with Gasteiger partial charge in [0.1, 0.15) is 5.76 Å². The Morgan fingerprint density at radius 3 is 2.33 bits per heavy atom. The quantitative estimate of drug-likeness (QED) is 0.182. The molecule has 194 valence electrons. The molecular weight excluding hydrogens is 456 g/mol. The molecular formula is C29H38N2O5. The molecule has 1 fully saturated rings. The molecule has 36 heavy (non-hydrogen) atoms. The Morgan fingerprint density at radius 1 is 0.972 bits per heavy atom. The van der Waals surface area contributed by atoms with E-state index in [9.17, 15) is 14.7 Å². The summed E-state index contributed by atoms with van der Waals surface area (Å²) in [5, 5.41) is 11.2. The summed E-state index contributed by atoms with van der Waals surface area (Å²) in [5.41, 5.74) is 1.28. The molecule has 1 saturated heterocycles. The third-order valence-electron chi connectivity index (χ3n) is 6.48.